The Balaban J connectivity index is 1.69. The van der Waals surface area contributed by atoms with Gasteiger partial charge in [-0.05, 0) is 54.1 Å². The van der Waals surface area contributed by atoms with Crippen LogP contribution in [-0.2, 0) is 11.2 Å². The van der Waals surface area contributed by atoms with Crippen molar-refractivity contribution in [2.75, 3.05) is 19.6 Å². The molecule has 1 saturated heterocycles. The normalized spacial score (nSPS) is 19.9. The molecule has 1 amide bonds. The highest BCUT2D eigenvalue weighted by Crippen LogP contribution is 2.18. The third-order valence-corrected chi connectivity index (χ3v) is 4.68. The monoisotopic (exact) mass is 350 g/mol. The second kappa shape index (κ2) is 5.97. The molecule has 1 atom stereocenters. The molecule has 1 aromatic rings. The summed E-state index contributed by atoms with van der Waals surface area (Å²) in [4.78, 5) is 13.0. The maximum Gasteiger partial charge on any atom is 0.224 e. The molecule has 0 aliphatic carbocycles. The number of nitrogens with one attached hydrogen (secondary N) is 2. The Morgan fingerprint density at radius 3 is 3.12 bits per heavy atom. The van der Waals surface area contributed by atoms with E-state index in [1.807, 2.05) is 0 Å². The second-order valence-electron chi connectivity index (χ2n) is 3.94. The molecule has 2 rings (SSSR count). The summed E-state index contributed by atoms with van der Waals surface area (Å²) in [5.74, 6) is 0.389. The minimum atomic E-state index is 0.184. The minimum absolute atomic E-state index is 0.184. The van der Waals surface area contributed by atoms with E-state index >= 15 is 0 Å². The van der Waals surface area contributed by atoms with Crippen LogP contribution in [0, 0.1) is 8.80 Å². The Morgan fingerprint density at radius 1 is 1.62 bits per heavy atom. The average molecular weight is 350 g/mol. The van der Waals surface area contributed by atoms with Gasteiger partial charge in [0.05, 0.1) is 8.80 Å². The lowest BCUT2D eigenvalue weighted by atomic mass is 10.1. The highest BCUT2D eigenvalue weighted by atomic mass is 127. The van der Waals surface area contributed by atoms with Crippen LogP contribution in [0.2, 0.25) is 0 Å². The summed E-state index contributed by atoms with van der Waals surface area (Å²) in [7, 11) is 0. The topological polar surface area (TPSA) is 41.1 Å². The Labute approximate surface area is 113 Å². The van der Waals surface area contributed by atoms with Crippen LogP contribution >= 0.6 is 33.9 Å². The Hall–Kier alpha value is -0.140. The molecule has 3 nitrogen and oxygen atoms in total. The van der Waals surface area contributed by atoms with E-state index in [1.54, 1.807) is 11.3 Å². The summed E-state index contributed by atoms with van der Waals surface area (Å²) in [6.45, 7) is 2.57. The third kappa shape index (κ3) is 3.43. The highest BCUT2D eigenvalue weighted by molar-refractivity contribution is 14.1. The molecule has 2 heterocycles. The predicted octanol–water partition coefficient (Wildman–Crippen LogP) is 1.62. The standard InChI is InChI=1S/C11H15IN2OS/c12-10-2-1-9(16-10)4-6-14-11(15)8-3-5-13-7-8/h1-2,8,13H,3-7H2,(H,14,15). The summed E-state index contributed by atoms with van der Waals surface area (Å²) in [6, 6.07) is 4.25. The van der Waals surface area contributed by atoms with Crippen molar-refractivity contribution < 1.29 is 4.79 Å². The number of thiophene rings is 1. The lowest BCUT2D eigenvalue weighted by molar-refractivity contribution is -0.124. The second-order valence-corrected chi connectivity index (χ2v) is 7.00. The molecule has 1 fully saturated rings. The van der Waals surface area contributed by atoms with Crippen molar-refractivity contribution in [2.24, 2.45) is 5.92 Å². The summed E-state index contributed by atoms with van der Waals surface area (Å²) in [5.41, 5.74) is 0. The zero-order valence-electron chi connectivity index (χ0n) is 8.96. The van der Waals surface area contributed by atoms with Crippen LogP contribution in [0.15, 0.2) is 12.1 Å². The molecule has 0 radical (unpaired) electrons. The number of hydrogen-bond donors (Lipinski definition) is 2. The molecule has 16 heavy (non-hydrogen) atoms. The SMILES string of the molecule is O=C(NCCc1ccc(I)s1)C1CCNC1. The van der Waals surface area contributed by atoms with Crippen LogP contribution < -0.4 is 10.6 Å². The van der Waals surface area contributed by atoms with Gasteiger partial charge in [0.1, 0.15) is 0 Å². The number of carbonyl (C=O) groups excluding carboxylic acids is 1. The molecule has 5 heteroatoms. The van der Waals surface area contributed by atoms with E-state index in [2.05, 4.69) is 45.4 Å². The zero-order valence-corrected chi connectivity index (χ0v) is 11.9. The van der Waals surface area contributed by atoms with Crippen molar-refractivity contribution in [1.82, 2.24) is 10.6 Å². The van der Waals surface area contributed by atoms with Crippen molar-refractivity contribution in [3.8, 4) is 0 Å². The first-order valence-electron chi connectivity index (χ1n) is 5.48. The third-order valence-electron chi connectivity index (χ3n) is 2.73. The largest absolute Gasteiger partial charge is 0.355 e. The van der Waals surface area contributed by atoms with Gasteiger partial charge in [-0.1, -0.05) is 0 Å². The van der Waals surface area contributed by atoms with E-state index < -0.39 is 0 Å². The Bertz CT molecular complexity index is 361. The molecular formula is C11H15IN2OS. The van der Waals surface area contributed by atoms with Gasteiger partial charge in [-0.2, -0.15) is 0 Å². The molecular weight excluding hydrogens is 335 g/mol. The van der Waals surface area contributed by atoms with Gasteiger partial charge in [-0.25, -0.2) is 0 Å². The van der Waals surface area contributed by atoms with E-state index in [0.717, 1.165) is 32.5 Å². The number of hydrogen-bond acceptors (Lipinski definition) is 3. The molecule has 0 bridgehead atoms. The van der Waals surface area contributed by atoms with E-state index in [0.29, 0.717) is 0 Å². The average Bonchev–Trinajstić information content (AvgIpc) is 2.89. The van der Waals surface area contributed by atoms with E-state index in [1.165, 1.54) is 7.76 Å². The maximum atomic E-state index is 11.7. The van der Waals surface area contributed by atoms with Crippen molar-refractivity contribution in [3.63, 3.8) is 0 Å². The molecule has 1 aliphatic heterocycles. The van der Waals surface area contributed by atoms with Gasteiger partial charge in [0.2, 0.25) is 5.91 Å². The number of rotatable bonds is 4. The first kappa shape index (κ1) is 12.3. The van der Waals surface area contributed by atoms with Crippen LogP contribution in [0.25, 0.3) is 0 Å². The van der Waals surface area contributed by atoms with Crippen LogP contribution in [0.4, 0.5) is 0 Å². The smallest absolute Gasteiger partial charge is 0.224 e. The summed E-state index contributed by atoms with van der Waals surface area (Å²) in [5, 5.41) is 6.21. The lowest BCUT2D eigenvalue weighted by Gasteiger charge is -2.08. The maximum absolute atomic E-state index is 11.7. The Morgan fingerprint density at radius 2 is 2.50 bits per heavy atom. The number of amides is 1. The fourth-order valence-electron chi connectivity index (χ4n) is 1.82. The summed E-state index contributed by atoms with van der Waals surface area (Å²) in [6.07, 6.45) is 1.92. The van der Waals surface area contributed by atoms with Gasteiger partial charge in [-0.3, -0.25) is 4.79 Å². The molecule has 88 valence electrons. The van der Waals surface area contributed by atoms with Gasteiger partial charge in [-0.15, -0.1) is 11.3 Å². The lowest BCUT2D eigenvalue weighted by Crippen LogP contribution is -2.33. The summed E-state index contributed by atoms with van der Waals surface area (Å²) >= 11 is 4.11. The molecule has 1 aromatic heterocycles. The van der Waals surface area contributed by atoms with Gasteiger partial charge in [0.15, 0.2) is 0 Å². The Kier molecular flexibility index (Phi) is 4.60. The molecule has 0 aromatic carbocycles. The van der Waals surface area contributed by atoms with Gasteiger partial charge >= 0.3 is 0 Å². The zero-order chi connectivity index (χ0) is 11.4. The fraction of sp³-hybridized carbons (Fsp3) is 0.545. The number of carbonyl (C=O) groups is 1. The van der Waals surface area contributed by atoms with Crippen molar-refractivity contribution in [3.05, 3.63) is 19.9 Å². The van der Waals surface area contributed by atoms with Gasteiger partial charge in [0.25, 0.3) is 0 Å². The van der Waals surface area contributed by atoms with Crippen molar-refractivity contribution >= 4 is 39.8 Å². The quantitative estimate of drug-likeness (QED) is 0.811. The van der Waals surface area contributed by atoms with Gasteiger partial charge < -0.3 is 10.6 Å². The van der Waals surface area contributed by atoms with Crippen LogP contribution in [0.5, 0.6) is 0 Å². The minimum Gasteiger partial charge on any atom is -0.355 e. The molecule has 0 spiro atoms. The molecule has 2 N–H and O–H groups in total. The molecule has 1 aliphatic rings. The van der Waals surface area contributed by atoms with Crippen molar-refractivity contribution in [2.45, 2.75) is 12.8 Å². The van der Waals surface area contributed by atoms with Crippen LogP contribution in [0.3, 0.4) is 0 Å². The molecule has 0 saturated carbocycles. The van der Waals surface area contributed by atoms with E-state index in [4.69, 9.17) is 0 Å². The predicted molar refractivity (Wildman–Crippen MR) is 74.7 cm³/mol. The van der Waals surface area contributed by atoms with E-state index in [9.17, 15) is 4.79 Å². The first-order chi connectivity index (χ1) is 7.75. The van der Waals surface area contributed by atoms with Gasteiger partial charge in [0, 0.05) is 18.0 Å². The van der Waals surface area contributed by atoms with Crippen LogP contribution in [0.1, 0.15) is 11.3 Å². The highest BCUT2D eigenvalue weighted by Gasteiger charge is 2.21. The van der Waals surface area contributed by atoms with Crippen molar-refractivity contribution in [1.29, 1.82) is 0 Å². The fourth-order valence-corrected chi connectivity index (χ4v) is 3.57. The van der Waals surface area contributed by atoms with E-state index in [-0.39, 0.29) is 11.8 Å². The first-order valence-corrected chi connectivity index (χ1v) is 7.38. The summed E-state index contributed by atoms with van der Waals surface area (Å²) < 4.78 is 1.30. The number of halogens is 1. The van der Waals surface area contributed by atoms with Crippen LogP contribution in [-0.4, -0.2) is 25.5 Å². The molecule has 1 unspecified atom stereocenters.